The third-order valence-electron chi connectivity index (χ3n) is 4.13. The Morgan fingerprint density at radius 2 is 2.08 bits per heavy atom. The minimum Gasteiger partial charge on any atom is -0.451 e. The number of nitrogens with zero attached hydrogens (tertiary/aromatic N) is 1. The van der Waals surface area contributed by atoms with Gasteiger partial charge < -0.3 is 4.42 Å². The van der Waals surface area contributed by atoms with Crippen LogP contribution in [-0.4, -0.2) is 10.9 Å². The highest BCUT2D eigenvalue weighted by molar-refractivity contribution is 7.22. The van der Waals surface area contributed by atoms with Crippen molar-refractivity contribution in [1.82, 2.24) is 4.98 Å². The second-order valence-electron chi connectivity index (χ2n) is 5.68. The van der Waals surface area contributed by atoms with Gasteiger partial charge >= 0.3 is 0 Å². The molecule has 24 heavy (non-hydrogen) atoms. The molecule has 120 valence electrons. The Bertz CT molecular complexity index is 1060. The number of anilines is 1. The number of hydrogen-bond acceptors (Lipinski definition) is 4. The van der Waals surface area contributed by atoms with E-state index in [-0.39, 0.29) is 5.91 Å². The summed E-state index contributed by atoms with van der Waals surface area (Å²) in [6, 6.07) is 13.8. The van der Waals surface area contributed by atoms with Crippen molar-refractivity contribution < 1.29 is 9.21 Å². The van der Waals surface area contributed by atoms with E-state index < -0.39 is 0 Å². The second-order valence-corrected chi connectivity index (χ2v) is 6.71. The lowest BCUT2D eigenvalue weighted by Gasteiger charge is -1.98. The van der Waals surface area contributed by atoms with Crippen LogP contribution in [0.4, 0.5) is 5.13 Å². The fourth-order valence-electron chi connectivity index (χ4n) is 2.79. The van der Waals surface area contributed by atoms with Gasteiger partial charge in [-0.3, -0.25) is 10.1 Å². The van der Waals surface area contributed by atoms with E-state index in [2.05, 4.69) is 29.4 Å². The maximum absolute atomic E-state index is 12.6. The third-order valence-corrected chi connectivity index (χ3v) is 5.07. The fourth-order valence-corrected chi connectivity index (χ4v) is 3.71. The van der Waals surface area contributed by atoms with E-state index in [0.717, 1.165) is 33.2 Å². The first-order chi connectivity index (χ1) is 11.7. The number of thiazole rings is 1. The van der Waals surface area contributed by atoms with Crippen molar-refractivity contribution in [2.45, 2.75) is 20.3 Å². The van der Waals surface area contributed by atoms with Crippen molar-refractivity contribution in [1.29, 1.82) is 0 Å². The Labute approximate surface area is 143 Å². The largest absolute Gasteiger partial charge is 0.451 e. The Balaban J connectivity index is 1.66. The van der Waals surface area contributed by atoms with Gasteiger partial charge in [-0.1, -0.05) is 42.5 Å². The number of nitrogens with one attached hydrogen (secondary N) is 1. The molecule has 0 radical (unpaired) electrons. The quantitative estimate of drug-likeness (QED) is 0.562. The molecule has 5 heteroatoms. The number of hydrogen-bond donors (Lipinski definition) is 1. The van der Waals surface area contributed by atoms with E-state index in [1.807, 2.05) is 37.3 Å². The molecular weight excluding hydrogens is 320 g/mol. The van der Waals surface area contributed by atoms with Crippen LogP contribution in [0.15, 0.2) is 46.9 Å². The van der Waals surface area contributed by atoms with Crippen LogP contribution in [0.5, 0.6) is 0 Å². The van der Waals surface area contributed by atoms with Crippen molar-refractivity contribution >= 4 is 43.6 Å². The number of fused-ring (bicyclic) bond motifs is 2. The molecule has 1 amide bonds. The number of aromatic nitrogens is 1. The maximum Gasteiger partial charge on any atom is 0.293 e. The number of benzene rings is 2. The van der Waals surface area contributed by atoms with Crippen molar-refractivity contribution in [2.24, 2.45) is 0 Å². The average Bonchev–Trinajstić information content (AvgIpc) is 3.15. The Morgan fingerprint density at radius 3 is 2.88 bits per heavy atom. The zero-order chi connectivity index (χ0) is 16.7. The third kappa shape index (κ3) is 2.47. The zero-order valence-electron chi connectivity index (χ0n) is 13.4. The molecule has 0 aliphatic carbocycles. The number of carbonyl (C=O) groups is 1. The smallest absolute Gasteiger partial charge is 0.293 e. The minimum atomic E-state index is -0.265. The summed E-state index contributed by atoms with van der Waals surface area (Å²) >= 11 is 1.48. The molecule has 0 fully saturated rings. The molecule has 2 heterocycles. The molecule has 0 saturated heterocycles. The van der Waals surface area contributed by atoms with Gasteiger partial charge in [-0.15, -0.1) is 0 Å². The molecule has 0 aliphatic heterocycles. The van der Waals surface area contributed by atoms with Gasteiger partial charge in [0.1, 0.15) is 5.58 Å². The second kappa shape index (κ2) is 5.76. The average molecular weight is 336 g/mol. The van der Waals surface area contributed by atoms with Crippen molar-refractivity contribution in [3.05, 3.63) is 59.4 Å². The molecule has 0 aliphatic rings. The van der Waals surface area contributed by atoms with Crippen LogP contribution in [0.25, 0.3) is 21.2 Å². The molecule has 0 bridgehead atoms. The van der Waals surface area contributed by atoms with Gasteiger partial charge in [0.05, 0.1) is 10.2 Å². The van der Waals surface area contributed by atoms with Crippen LogP contribution in [0.3, 0.4) is 0 Å². The highest BCUT2D eigenvalue weighted by Crippen LogP contribution is 2.29. The molecule has 0 unspecified atom stereocenters. The fraction of sp³-hybridized carbons (Fsp3) is 0.158. The summed E-state index contributed by atoms with van der Waals surface area (Å²) < 4.78 is 6.78. The summed E-state index contributed by atoms with van der Waals surface area (Å²) in [6.45, 7) is 4.02. The lowest BCUT2D eigenvalue weighted by Crippen LogP contribution is -2.11. The van der Waals surface area contributed by atoms with Gasteiger partial charge in [0.2, 0.25) is 0 Å². The van der Waals surface area contributed by atoms with Crippen molar-refractivity contribution in [3.8, 4) is 0 Å². The van der Waals surface area contributed by atoms with Gasteiger partial charge in [0.15, 0.2) is 10.9 Å². The van der Waals surface area contributed by atoms with E-state index in [1.165, 1.54) is 16.9 Å². The number of furan rings is 1. The van der Waals surface area contributed by atoms with E-state index in [9.17, 15) is 4.79 Å². The van der Waals surface area contributed by atoms with E-state index in [0.29, 0.717) is 10.9 Å². The van der Waals surface area contributed by atoms with Crippen LogP contribution in [0.1, 0.15) is 28.6 Å². The molecular formula is C19H16N2O2S. The van der Waals surface area contributed by atoms with Gasteiger partial charge in [-0.05, 0) is 37.1 Å². The monoisotopic (exact) mass is 336 g/mol. The summed E-state index contributed by atoms with van der Waals surface area (Å²) in [5, 5.41) is 4.41. The lowest BCUT2D eigenvalue weighted by atomic mass is 10.1. The lowest BCUT2D eigenvalue weighted by molar-refractivity contribution is 0.0998. The first-order valence-corrected chi connectivity index (χ1v) is 8.66. The molecule has 0 saturated carbocycles. The maximum atomic E-state index is 12.6. The number of aryl methyl sites for hydroxylation is 2. The molecule has 1 N–H and O–H groups in total. The summed E-state index contributed by atoms with van der Waals surface area (Å²) in [4.78, 5) is 17.0. The summed E-state index contributed by atoms with van der Waals surface area (Å²) in [5.41, 5.74) is 3.72. The normalized spacial score (nSPS) is 11.2. The topological polar surface area (TPSA) is 55.1 Å². The SMILES string of the molecule is CCc1ccc2nc(NC(=O)c3oc4ccccc4c3C)sc2c1. The summed E-state index contributed by atoms with van der Waals surface area (Å²) in [6.07, 6.45) is 0.980. The number of rotatable bonds is 3. The number of amides is 1. The van der Waals surface area contributed by atoms with E-state index >= 15 is 0 Å². The van der Waals surface area contributed by atoms with Gasteiger partial charge in [0.25, 0.3) is 5.91 Å². The molecule has 4 nitrogen and oxygen atoms in total. The highest BCUT2D eigenvalue weighted by atomic mass is 32.1. The Kier molecular flexibility index (Phi) is 3.58. The molecule has 4 aromatic rings. The van der Waals surface area contributed by atoms with Crippen LogP contribution < -0.4 is 5.32 Å². The standard InChI is InChI=1S/C19H16N2O2S/c1-3-12-8-9-14-16(10-12)24-19(20-14)21-18(22)17-11(2)13-6-4-5-7-15(13)23-17/h4-10H,3H2,1-2H3,(H,20,21,22). The minimum absolute atomic E-state index is 0.265. The predicted octanol–water partition coefficient (Wildman–Crippen LogP) is 5.17. The highest BCUT2D eigenvalue weighted by Gasteiger charge is 2.18. The van der Waals surface area contributed by atoms with Crippen LogP contribution in [-0.2, 0) is 6.42 Å². The van der Waals surface area contributed by atoms with Crippen LogP contribution in [0.2, 0.25) is 0 Å². The summed E-state index contributed by atoms with van der Waals surface area (Å²) in [5.74, 6) is 0.0724. The Morgan fingerprint density at radius 1 is 1.25 bits per heavy atom. The van der Waals surface area contributed by atoms with E-state index in [4.69, 9.17) is 4.42 Å². The molecule has 0 atom stereocenters. The summed E-state index contributed by atoms with van der Waals surface area (Å²) in [7, 11) is 0. The van der Waals surface area contributed by atoms with E-state index in [1.54, 1.807) is 0 Å². The van der Waals surface area contributed by atoms with Gasteiger partial charge in [-0.2, -0.15) is 0 Å². The van der Waals surface area contributed by atoms with Crippen LogP contribution in [0, 0.1) is 6.92 Å². The zero-order valence-corrected chi connectivity index (χ0v) is 14.2. The molecule has 2 aromatic heterocycles. The van der Waals surface area contributed by atoms with Crippen molar-refractivity contribution in [3.63, 3.8) is 0 Å². The van der Waals surface area contributed by atoms with Gasteiger partial charge in [0, 0.05) is 10.9 Å². The van der Waals surface area contributed by atoms with Crippen LogP contribution >= 0.6 is 11.3 Å². The predicted molar refractivity (Wildman–Crippen MR) is 97.9 cm³/mol. The number of para-hydroxylation sites is 1. The molecule has 2 aromatic carbocycles. The molecule has 4 rings (SSSR count). The number of carbonyl (C=O) groups excluding carboxylic acids is 1. The van der Waals surface area contributed by atoms with Gasteiger partial charge in [-0.25, -0.2) is 4.98 Å². The van der Waals surface area contributed by atoms with Crippen molar-refractivity contribution in [2.75, 3.05) is 5.32 Å². The first-order valence-electron chi connectivity index (χ1n) is 7.84. The first kappa shape index (κ1) is 14.9. The molecule has 0 spiro atoms. The Hall–Kier alpha value is -2.66.